The van der Waals surface area contributed by atoms with Gasteiger partial charge in [-0.15, -0.1) is 0 Å². The Balaban J connectivity index is 1.79. The minimum Gasteiger partial charge on any atom is -0.494 e. The third-order valence-electron chi connectivity index (χ3n) is 5.31. The average Bonchev–Trinajstić information content (AvgIpc) is 3.01. The second-order valence-corrected chi connectivity index (χ2v) is 7.42. The predicted octanol–water partition coefficient (Wildman–Crippen LogP) is 5.10. The number of ether oxygens (including phenoxy) is 1. The molecule has 0 saturated heterocycles. The highest BCUT2D eigenvalue weighted by Crippen LogP contribution is 2.35. The molecule has 1 aliphatic heterocycles. The summed E-state index contributed by atoms with van der Waals surface area (Å²) < 4.78 is 5.56. The summed E-state index contributed by atoms with van der Waals surface area (Å²) in [6.45, 7) is 6.43. The largest absolute Gasteiger partial charge is 0.494 e. The summed E-state index contributed by atoms with van der Waals surface area (Å²) in [6.07, 6.45) is 0. The Morgan fingerprint density at radius 2 is 1.61 bits per heavy atom. The number of benzene rings is 3. The van der Waals surface area contributed by atoms with Crippen molar-refractivity contribution in [1.82, 2.24) is 0 Å². The fourth-order valence-corrected chi connectivity index (χ4v) is 3.60. The Labute approximate surface area is 182 Å². The second-order valence-electron chi connectivity index (χ2n) is 7.42. The quantitative estimate of drug-likeness (QED) is 0.573. The molecule has 0 bridgehead atoms. The van der Waals surface area contributed by atoms with Gasteiger partial charge in [0, 0.05) is 11.8 Å². The molecule has 4 rings (SSSR count). The number of imide groups is 1. The van der Waals surface area contributed by atoms with Gasteiger partial charge in [0.05, 0.1) is 17.9 Å². The number of rotatable bonds is 6. The molecule has 0 atom stereocenters. The minimum absolute atomic E-state index is 0.265. The van der Waals surface area contributed by atoms with E-state index in [0.29, 0.717) is 29.2 Å². The molecule has 5 nitrogen and oxygen atoms in total. The summed E-state index contributed by atoms with van der Waals surface area (Å²) in [7, 11) is 0. The molecule has 0 saturated carbocycles. The van der Waals surface area contributed by atoms with Crippen LogP contribution in [0.15, 0.2) is 78.5 Å². The number of carbonyl (C=O) groups is 2. The molecule has 5 heteroatoms. The van der Waals surface area contributed by atoms with E-state index in [1.807, 2.05) is 69.3 Å². The van der Waals surface area contributed by atoms with E-state index < -0.39 is 5.91 Å². The van der Waals surface area contributed by atoms with E-state index in [0.717, 1.165) is 16.8 Å². The van der Waals surface area contributed by atoms with E-state index in [-0.39, 0.29) is 11.6 Å². The number of carbonyl (C=O) groups excluding carboxylic acids is 2. The molecular formula is C26H24N2O3. The number of nitrogens with zero attached hydrogens (tertiary/aromatic N) is 1. The van der Waals surface area contributed by atoms with Crippen LogP contribution in [0.4, 0.5) is 11.4 Å². The summed E-state index contributed by atoms with van der Waals surface area (Å²) in [4.78, 5) is 28.1. The first-order valence-corrected chi connectivity index (χ1v) is 10.2. The van der Waals surface area contributed by atoms with Crippen LogP contribution < -0.4 is 15.0 Å². The van der Waals surface area contributed by atoms with Crippen LogP contribution in [0.5, 0.6) is 5.75 Å². The van der Waals surface area contributed by atoms with Crippen molar-refractivity contribution < 1.29 is 14.3 Å². The van der Waals surface area contributed by atoms with E-state index in [4.69, 9.17) is 4.74 Å². The van der Waals surface area contributed by atoms with Crippen LogP contribution in [-0.4, -0.2) is 18.4 Å². The smallest absolute Gasteiger partial charge is 0.282 e. The number of nitrogens with one attached hydrogen (secondary N) is 1. The zero-order valence-electron chi connectivity index (χ0n) is 17.8. The van der Waals surface area contributed by atoms with Gasteiger partial charge in [0.1, 0.15) is 11.4 Å². The van der Waals surface area contributed by atoms with Crippen molar-refractivity contribution in [2.45, 2.75) is 20.8 Å². The van der Waals surface area contributed by atoms with Gasteiger partial charge >= 0.3 is 0 Å². The Bertz CT molecular complexity index is 1180. The van der Waals surface area contributed by atoms with Crippen LogP contribution in [0.3, 0.4) is 0 Å². The second kappa shape index (κ2) is 8.48. The van der Waals surface area contributed by atoms with Gasteiger partial charge in [-0.1, -0.05) is 42.5 Å². The van der Waals surface area contributed by atoms with Crippen LogP contribution >= 0.6 is 0 Å². The van der Waals surface area contributed by atoms with Gasteiger partial charge in [0.2, 0.25) is 0 Å². The van der Waals surface area contributed by atoms with Crippen LogP contribution in [0.1, 0.15) is 23.6 Å². The van der Waals surface area contributed by atoms with E-state index >= 15 is 0 Å². The average molecular weight is 412 g/mol. The monoisotopic (exact) mass is 412 g/mol. The predicted molar refractivity (Wildman–Crippen MR) is 123 cm³/mol. The summed E-state index contributed by atoms with van der Waals surface area (Å²) in [6, 6.07) is 22.2. The molecule has 2 amide bonds. The van der Waals surface area contributed by atoms with Crippen molar-refractivity contribution >= 4 is 28.8 Å². The van der Waals surface area contributed by atoms with Crippen LogP contribution in [0.2, 0.25) is 0 Å². The molecule has 0 fully saturated rings. The summed E-state index contributed by atoms with van der Waals surface area (Å²) in [5.74, 6) is -0.149. The van der Waals surface area contributed by atoms with Crippen molar-refractivity contribution in [2.24, 2.45) is 0 Å². The lowest BCUT2D eigenvalue weighted by molar-refractivity contribution is -0.120. The summed E-state index contributed by atoms with van der Waals surface area (Å²) in [5, 5.41) is 3.21. The van der Waals surface area contributed by atoms with E-state index in [2.05, 4.69) is 5.32 Å². The van der Waals surface area contributed by atoms with Gasteiger partial charge in [-0.25, -0.2) is 4.90 Å². The molecule has 0 aliphatic carbocycles. The molecule has 31 heavy (non-hydrogen) atoms. The number of aryl methyl sites for hydroxylation is 2. The lowest BCUT2D eigenvalue weighted by Gasteiger charge is -2.16. The maximum absolute atomic E-state index is 13.5. The fourth-order valence-electron chi connectivity index (χ4n) is 3.60. The van der Waals surface area contributed by atoms with Gasteiger partial charge < -0.3 is 10.1 Å². The molecule has 1 heterocycles. The zero-order chi connectivity index (χ0) is 22.0. The topological polar surface area (TPSA) is 58.6 Å². The van der Waals surface area contributed by atoms with Crippen molar-refractivity contribution in [3.63, 3.8) is 0 Å². The molecule has 3 aromatic carbocycles. The SMILES string of the molecule is CCOc1cccc(N2C(=O)C(Nc3ccc(C)c(C)c3)=C(c3ccccc3)C2=O)c1. The summed E-state index contributed by atoms with van der Waals surface area (Å²) >= 11 is 0. The van der Waals surface area contributed by atoms with Gasteiger partial charge in [-0.3, -0.25) is 9.59 Å². The van der Waals surface area contributed by atoms with Crippen molar-refractivity contribution in [1.29, 1.82) is 0 Å². The van der Waals surface area contributed by atoms with Gasteiger partial charge in [0.15, 0.2) is 0 Å². The highest BCUT2D eigenvalue weighted by atomic mass is 16.5. The molecule has 0 aromatic heterocycles. The molecular weight excluding hydrogens is 388 g/mol. The molecule has 3 aromatic rings. The lowest BCUT2D eigenvalue weighted by atomic mass is 10.0. The van der Waals surface area contributed by atoms with Crippen LogP contribution in [0, 0.1) is 13.8 Å². The molecule has 1 aliphatic rings. The van der Waals surface area contributed by atoms with Gasteiger partial charge in [-0.05, 0) is 61.7 Å². The van der Waals surface area contributed by atoms with Gasteiger partial charge in [0.25, 0.3) is 11.8 Å². The molecule has 0 unspecified atom stereocenters. The lowest BCUT2D eigenvalue weighted by Crippen LogP contribution is -2.32. The van der Waals surface area contributed by atoms with E-state index in [9.17, 15) is 9.59 Å². The van der Waals surface area contributed by atoms with Crippen molar-refractivity contribution in [3.8, 4) is 5.75 Å². The maximum Gasteiger partial charge on any atom is 0.282 e. The molecule has 0 radical (unpaired) electrons. The molecule has 0 spiro atoms. The van der Waals surface area contributed by atoms with E-state index in [1.54, 1.807) is 24.3 Å². The first-order chi connectivity index (χ1) is 15.0. The third kappa shape index (κ3) is 3.94. The highest BCUT2D eigenvalue weighted by Gasteiger charge is 2.40. The van der Waals surface area contributed by atoms with Gasteiger partial charge in [-0.2, -0.15) is 0 Å². The fraction of sp³-hybridized carbons (Fsp3) is 0.154. The normalized spacial score (nSPS) is 13.7. The Morgan fingerprint density at radius 1 is 0.839 bits per heavy atom. The number of anilines is 2. The Morgan fingerprint density at radius 3 is 2.32 bits per heavy atom. The standard InChI is InChI=1S/C26H24N2O3/c1-4-31-22-12-8-11-21(16-22)28-25(29)23(19-9-6-5-7-10-19)24(26(28)30)27-20-14-13-17(2)18(3)15-20/h5-16,27H,4H2,1-3H3. The summed E-state index contributed by atoms with van der Waals surface area (Å²) in [5.41, 5.74) is 4.81. The third-order valence-corrected chi connectivity index (χ3v) is 5.31. The Hall–Kier alpha value is -3.86. The first-order valence-electron chi connectivity index (χ1n) is 10.2. The highest BCUT2D eigenvalue weighted by molar-refractivity contribution is 6.46. The first kappa shape index (κ1) is 20.4. The zero-order valence-corrected chi connectivity index (χ0v) is 17.8. The Kier molecular flexibility index (Phi) is 5.58. The maximum atomic E-state index is 13.5. The van der Waals surface area contributed by atoms with Crippen LogP contribution in [-0.2, 0) is 9.59 Å². The molecule has 156 valence electrons. The number of amides is 2. The molecule has 1 N–H and O–H groups in total. The number of hydrogen-bond acceptors (Lipinski definition) is 4. The van der Waals surface area contributed by atoms with E-state index in [1.165, 1.54) is 4.90 Å². The van der Waals surface area contributed by atoms with Crippen molar-refractivity contribution in [2.75, 3.05) is 16.8 Å². The van der Waals surface area contributed by atoms with Crippen LogP contribution in [0.25, 0.3) is 5.57 Å². The minimum atomic E-state index is -0.393. The van der Waals surface area contributed by atoms with Crippen molar-refractivity contribution in [3.05, 3.63) is 95.2 Å². The number of hydrogen-bond donors (Lipinski definition) is 1.